The van der Waals surface area contributed by atoms with Gasteiger partial charge in [-0.25, -0.2) is 0 Å². The minimum Gasteiger partial charge on any atom is -0.368 e. The van der Waals surface area contributed by atoms with Crippen molar-refractivity contribution in [2.75, 3.05) is 5.73 Å². The molecule has 1 aromatic carbocycles. The van der Waals surface area contributed by atoms with E-state index in [9.17, 15) is 4.79 Å². The molecule has 0 amide bonds. The molecular formula is C16H11N5OS. The summed E-state index contributed by atoms with van der Waals surface area (Å²) in [5, 5.41) is 7.23. The van der Waals surface area contributed by atoms with Gasteiger partial charge < -0.3 is 5.73 Å². The Hall–Kier alpha value is -3.06. The zero-order valence-electron chi connectivity index (χ0n) is 11.9. The predicted molar refractivity (Wildman–Crippen MR) is 89.2 cm³/mol. The molecule has 23 heavy (non-hydrogen) atoms. The summed E-state index contributed by atoms with van der Waals surface area (Å²) in [6.07, 6.45) is 3.28. The molecule has 0 fully saturated rings. The van der Waals surface area contributed by atoms with Crippen molar-refractivity contribution in [1.82, 2.24) is 19.7 Å². The molecule has 0 atom stereocenters. The van der Waals surface area contributed by atoms with Crippen molar-refractivity contribution >= 4 is 33.3 Å². The summed E-state index contributed by atoms with van der Waals surface area (Å²) in [5.74, 6) is 0.123. The number of fused-ring (bicyclic) bond motifs is 1. The third-order valence-corrected chi connectivity index (χ3v) is 4.34. The van der Waals surface area contributed by atoms with E-state index in [0.29, 0.717) is 17.0 Å². The minimum atomic E-state index is -0.307. The highest BCUT2D eigenvalue weighted by atomic mass is 32.1. The SMILES string of the molecule is Nc1nc(-c2cccnc2)nn1C(=O)c1ccc2sccc2c1. The van der Waals surface area contributed by atoms with E-state index >= 15 is 0 Å². The summed E-state index contributed by atoms with van der Waals surface area (Å²) in [6, 6.07) is 11.1. The maximum Gasteiger partial charge on any atom is 0.281 e. The van der Waals surface area contributed by atoms with Crippen LogP contribution in [-0.4, -0.2) is 25.7 Å². The fourth-order valence-electron chi connectivity index (χ4n) is 2.31. The molecule has 3 aromatic heterocycles. The normalized spacial score (nSPS) is 11.0. The Kier molecular flexibility index (Phi) is 3.13. The first-order valence-corrected chi connectivity index (χ1v) is 7.75. The lowest BCUT2D eigenvalue weighted by Gasteiger charge is -2.01. The fourth-order valence-corrected chi connectivity index (χ4v) is 3.08. The molecule has 6 nitrogen and oxygen atoms in total. The van der Waals surface area contributed by atoms with Gasteiger partial charge in [-0.15, -0.1) is 16.4 Å². The van der Waals surface area contributed by atoms with E-state index in [1.165, 1.54) is 0 Å². The van der Waals surface area contributed by atoms with E-state index in [4.69, 9.17) is 5.73 Å². The van der Waals surface area contributed by atoms with Gasteiger partial charge in [-0.1, -0.05) is 0 Å². The van der Waals surface area contributed by atoms with Crippen molar-refractivity contribution in [3.05, 3.63) is 59.7 Å². The summed E-state index contributed by atoms with van der Waals surface area (Å²) >= 11 is 1.63. The number of carbonyl (C=O) groups is 1. The van der Waals surface area contributed by atoms with Gasteiger partial charge >= 0.3 is 0 Å². The second-order valence-electron chi connectivity index (χ2n) is 4.93. The van der Waals surface area contributed by atoms with Crippen molar-refractivity contribution in [3.8, 4) is 11.4 Å². The molecule has 3 heterocycles. The van der Waals surface area contributed by atoms with Gasteiger partial charge in [0.25, 0.3) is 5.91 Å². The number of rotatable bonds is 2. The lowest BCUT2D eigenvalue weighted by molar-refractivity contribution is 0.0948. The number of carbonyl (C=O) groups excluding carboxylic acids is 1. The number of nitrogens with two attached hydrogens (primary N) is 1. The Morgan fingerprint density at radius 1 is 1.22 bits per heavy atom. The van der Waals surface area contributed by atoms with Crippen molar-refractivity contribution in [1.29, 1.82) is 0 Å². The van der Waals surface area contributed by atoms with Crippen LogP contribution >= 0.6 is 11.3 Å². The highest BCUT2D eigenvalue weighted by molar-refractivity contribution is 7.17. The van der Waals surface area contributed by atoms with Crippen molar-refractivity contribution < 1.29 is 4.79 Å². The van der Waals surface area contributed by atoms with Crippen molar-refractivity contribution in [3.63, 3.8) is 0 Å². The van der Waals surface area contributed by atoms with E-state index in [1.54, 1.807) is 35.9 Å². The molecule has 0 unspecified atom stereocenters. The molecule has 4 rings (SSSR count). The summed E-state index contributed by atoms with van der Waals surface area (Å²) < 4.78 is 2.25. The first-order chi connectivity index (χ1) is 11.2. The molecule has 4 aromatic rings. The molecule has 0 radical (unpaired) electrons. The molecule has 2 N–H and O–H groups in total. The third-order valence-electron chi connectivity index (χ3n) is 3.44. The summed E-state index contributed by atoms with van der Waals surface area (Å²) in [5.41, 5.74) is 7.09. The quantitative estimate of drug-likeness (QED) is 0.613. The molecule has 0 spiro atoms. The van der Waals surface area contributed by atoms with Gasteiger partial charge in [0.1, 0.15) is 0 Å². The van der Waals surface area contributed by atoms with Crippen LogP contribution in [0.2, 0.25) is 0 Å². The lowest BCUT2D eigenvalue weighted by atomic mass is 10.1. The number of benzene rings is 1. The molecule has 112 valence electrons. The van der Waals surface area contributed by atoms with Gasteiger partial charge in [-0.3, -0.25) is 9.78 Å². The highest BCUT2D eigenvalue weighted by Gasteiger charge is 2.17. The Morgan fingerprint density at radius 3 is 2.96 bits per heavy atom. The van der Waals surface area contributed by atoms with Gasteiger partial charge in [0.05, 0.1) is 0 Å². The number of aromatic nitrogens is 4. The summed E-state index contributed by atoms with van der Waals surface area (Å²) in [4.78, 5) is 20.8. The first kappa shape index (κ1) is 13.6. The van der Waals surface area contributed by atoms with Gasteiger partial charge in [0, 0.05) is 28.2 Å². The molecular weight excluding hydrogens is 310 g/mol. The van der Waals surface area contributed by atoms with Crippen LogP contribution in [0.4, 0.5) is 5.95 Å². The minimum absolute atomic E-state index is 0.0549. The Bertz CT molecular complexity index is 1010. The van der Waals surface area contributed by atoms with E-state index < -0.39 is 0 Å². The van der Waals surface area contributed by atoms with Crippen LogP contribution in [0.1, 0.15) is 10.4 Å². The summed E-state index contributed by atoms with van der Waals surface area (Å²) in [6.45, 7) is 0. The van der Waals surface area contributed by atoms with Crippen LogP contribution in [-0.2, 0) is 0 Å². The molecule has 7 heteroatoms. The number of nitrogens with zero attached hydrogens (tertiary/aromatic N) is 4. The van der Waals surface area contributed by atoms with Gasteiger partial charge in [0.2, 0.25) is 5.95 Å². The fraction of sp³-hybridized carbons (Fsp3) is 0. The maximum absolute atomic E-state index is 12.6. The van der Waals surface area contributed by atoms with Crippen LogP contribution in [0, 0.1) is 0 Å². The van der Waals surface area contributed by atoms with Crippen LogP contribution in [0.3, 0.4) is 0 Å². The standard InChI is InChI=1S/C16H11N5OS/c17-16-19-14(12-2-1-6-18-9-12)20-21(16)15(22)11-3-4-13-10(8-11)5-7-23-13/h1-9H,(H2,17,19,20). The zero-order valence-corrected chi connectivity index (χ0v) is 12.7. The lowest BCUT2D eigenvalue weighted by Crippen LogP contribution is -2.16. The monoisotopic (exact) mass is 321 g/mol. The van der Waals surface area contributed by atoms with Gasteiger partial charge in [0.15, 0.2) is 5.82 Å². The van der Waals surface area contributed by atoms with E-state index in [0.717, 1.165) is 14.8 Å². The molecule has 0 bridgehead atoms. The van der Waals surface area contributed by atoms with Crippen LogP contribution in [0.5, 0.6) is 0 Å². The van der Waals surface area contributed by atoms with Crippen LogP contribution < -0.4 is 5.73 Å². The van der Waals surface area contributed by atoms with Crippen LogP contribution in [0.15, 0.2) is 54.2 Å². The second-order valence-corrected chi connectivity index (χ2v) is 5.87. The first-order valence-electron chi connectivity index (χ1n) is 6.87. The third kappa shape index (κ3) is 2.36. The predicted octanol–water partition coefficient (Wildman–Crippen LogP) is 2.83. The Morgan fingerprint density at radius 2 is 2.13 bits per heavy atom. The number of hydrogen-bond donors (Lipinski definition) is 1. The van der Waals surface area contributed by atoms with E-state index in [1.807, 2.05) is 29.6 Å². The topological polar surface area (TPSA) is 86.7 Å². The number of nitrogen functional groups attached to an aromatic ring is 1. The zero-order chi connectivity index (χ0) is 15.8. The largest absolute Gasteiger partial charge is 0.368 e. The van der Waals surface area contributed by atoms with Gasteiger partial charge in [-0.05, 0) is 47.2 Å². The Labute approximate surface area is 135 Å². The Balaban J connectivity index is 1.75. The van der Waals surface area contributed by atoms with E-state index in [2.05, 4.69) is 15.1 Å². The summed E-state index contributed by atoms with van der Waals surface area (Å²) in [7, 11) is 0. The smallest absolute Gasteiger partial charge is 0.281 e. The number of anilines is 1. The maximum atomic E-state index is 12.6. The number of hydrogen-bond acceptors (Lipinski definition) is 6. The van der Waals surface area contributed by atoms with Crippen LogP contribution in [0.25, 0.3) is 21.5 Å². The molecule has 0 aliphatic heterocycles. The molecule has 0 saturated carbocycles. The molecule has 0 aliphatic carbocycles. The van der Waals surface area contributed by atoms with E-state index in [-0.39, 0.29) is 11.9 Å². The second kappa shape index (κ2) is 5.29. The van der Waals surface area contributed by atoms with Gasteiger partial charge in [-0.2, -0.15) is 9.67 Å². The van der Waals surface area contributed by atoms with Crippen molar-refractivity contribution in [2.24, 2.45) is 0 Å². The number of pyridine rings is 1. The molecule has 0 saturated heterocycles. The molecule has 0 aliphatic rings. The average Bonchev–Trinajstić information content (AvgIpc) is 3.20. The number of thiophene rings is 1. The average molecular weight is 321 g/mol. The highest BCUT2D eigenvalue weighted by Crippen LogP contribution is 2.23. The van der Waals surface area contributed by atoms with Crippen molar-refractivity contribution in [2.45, 2.75) is 0 Å².